The van der Waals surface area contributed by atoms with Gasteiger partial charge in [0, 0.05) is 11.8 Å². The lowest BCUT2D eigenvalue weighted by atomic mass is 10.1. The lowest BCUT2D eigenvalue weighted by molar-refractivity contribution is -0.135. The molecule has 0 aromatic heterocycles. The van der Waals surface area contributed by atoms with E-state index in [1.807, 2.05) is 0 Å². The average molecular weight is 502 g/mol. The minimum absolute atomic E-state index is 0.143. The van der Waals surface area contributed by atoms with Crippen LogP contribution in [-0.2, 0) is 19.1 Å². The van der Waals surface area contributed by atoms with Crippen molar-refractivity contribution in [1.82, 2.24) is 5.32 Å². The summed E-state index contributed by atoms with van der Waals surface area (Å²) in [5.74, 6) is -2.47. The molecule has 1 fully saturated rings. The Morgan fingerprint density at radius 3 is 2.17 bits per heavy atom. The average Bonchev–Trinajstić information content (AvgIpc) is 3.37. The molecule has 11 heteroatoms. The van der Waals surface area contributed by atoms with Gasteiger partial charge in [-0.2, -0.15) is 8.42 Å². The molecule has 0 aliphatic carbocycles. The van der Waals surface area contributed by atoms with E-state index in [1.54, 1.807) is 36.4 Å². The maximum Gasteiger partial charge on any atom is 0.341 e. The lowest BCUT2D eigenvalue weighted by Crippen LogP contribution is -2.33. The van der Waals surface area contributed by atoms with Gasteiger partial charge in [0.1, 0.15) is 22.6 Å². The van der Waals surface area contributed by atoms with E-state index in [2.05, 4.69) is 16.0 Å². The van der Waals surface area contributed by atoms with Gasteiger partial charge in [-0.15, -0.1) is 0 Å². The Morgan fingerprint density at radius 1 is 0.914 bits per heavy atom. The van der Waals surface area contributed by atoms with Crippen LogP contribution in [0.4, 0.5) is 25.0 Å². The standard InChI is InChI=1S/C24H21F2N3O5S/c25-17-7-12-21(20(26)14-17)29-24(31)28-18-8-3-15(4-9-18)16-5-10-19(11-6-16)35(32,33)34-23(30)22-2-1-13-27-22/h3-12,14,22,27H,1-2,13H2,(H2,28,29,31)/t22-/m0/s1. The molecule has 0 unspecified atom stereocenters. The minimum Gasteiger partial charge on any atom is -0.341 e. The molecule has 3 N–H and O–H groups in total. The molecule has 2 amide bonds. The van der Waals surface area contributed by atoms with Gasteiger partial charge in [0.05, 0.1) is 5.69 Å². The number of amides is 2. The molecule has 1 aliphatic rings. The normalized spacial score (nSPS) is 15.4. The van der Waals surface area contributed by atoms with Gasteiger partial charge >= 0.3 is 22.1 Å². The summed E-state index contributed by atoms with van der Waals surface area (Å²) in [6.07, 6.45) is 1.31. The molecule has 0 radical (unpaired) electrons. The van der Waals surface area contributed by atoms with E-state index in [1.165, 1.54) is 12.1 Å². The Morgan fingerprint density at radius 2 is 1.57 bits per heavy atom. The number of urea groups is 1. The third-order valence-corrected chi connectivity index (χ3v) is 6.57. The summed E-state index contributed by atoms with van der Waals surface area (Å²) in [5.41, 5.74) is 1.68. The number of rotatable bonds is 6. The van der Waals surface area contributed by atoms with Gasteiger partial charge in [-0.1, -0.05) is 24.3 Å². The molecular formula is C24H21F2N3O5S. The Labute approximate surface area is 200 Å². The molecule has 0 bridgehead atoms. The number of anilines is 2. The molecule has 1 heterocycles. The summed E-state index contributed by atoms with van der Waals surface area (Å²) in [6, 6.07) is 13.9. The maximum atomic E-state index is 13.7. The number of benzene rings is 3. The Kier molecular flexibility index (Phi) is 7.08. The van der Waals surface area contributed by atoms with E-state index in [9.17, 15) is 26.8 Å². The van der Waals surface area contributed by atoms with Gasteiger partial charge in [-0.3, -0.25) is 0 Å². The van der Waals surface area contributed by atoms with Gasteiger partial charge in [-0.25, -0.2) is 18.4 Å². The molecule has 1 atom stereocenters. The molecule has 1 saturated heterocycles. The molecular weight excluding hydrogens is 480 g/mol. The van der Waals surface area contributed by atoms with Gasteiger partial charge in [0.25, 0.3) is 0 Å². The summed E-state index contributed by atoms with van der Waals surface area (Å²) in [6.45, 7) is 0.639. The highest BCUT2D eigenvalue weighted by molar-refractivity contribution is 7.87. The van der Waals surface area contributed by atoms with Crippen molar-refractivity contribution in [2.24, 2.45) is 0 Å². The van der Waals surface area contributed by atoms with Crippen LogP contribution < -0.4 is 16.0 Å². The van der Waals surface area contributed by atoms with Crippen LogP contribution in [0.3, 0.4) is 0 Å². The molecule has 3 aromatic rings. The van der Waals surface area contributed by atoms with Crippen LogP contribution in [-0.4, -0.2) is 33.0 Å². The lowest BCUT2D eigenvalue weighted by Gasteiger charge is -2.11. The highest BCUT2D eigenvalue weighted by Gasteiger charge is 2.29. The Bertz CT molecular complexity index is 1340. The number of nitrogens with one attached hydrogen (secondary N) is 3. The van der Waals surface area contributed by atoms with Crippen LogP contribution in [0.15, 0.2) is 71.6 Å². The fourth-order valence-electron chi connectivity index (χ4n) is 3.54. The number of carbonyl (C=O) groups is 2. The number of halogens is 2. The van der Waals surface area contributed by atoms with E-state index < -0.39 is 39.8 Å². The number of carbonyl (C=O) groups excluding carboxylic acids is 2. The van der Waals surface area contributed by atoms with Crippen molar-refractivity contribution in [3.63, 3.8) is 0 Å². The van der Waals surface area contributed by atoms with Gasteiger partial charge in [0.15, 0.2) is 0 Å². The molecule has 0 spiro atoms. The number of hydrogen-bond donors (Lipinski definition) is 3. The van der Waals surface area contributed by atoms with Crippen LogP contribution in [0.1, 0.15) is 12.8 Å². The first-order valence-corrected chi connectivity index (χ1v) is 12.1. The first-order valence-electron chi connectivity index (χ1n) is 10.7. The van der Waals surface area contributed by atoms with E-state index in [4.69, 9.17) is 4.18 Å². The van der Waals surface area contributed by atoms with E-state index >= 15 is 0 Å². The minimum atomic E-state index is -4.24. The molecule has 4 rings (SSSR count). The van der Waals surface area contributed by atoms with Crippen LogP contribution in [0, 0.1) is 11.6 Å². The monoisotopic (exact) mass is 501 g/mol. The Hall–Kier alpha value is -3.83. The van der Waals surface area contributed by atoms with Crippen molar-refractivity contribution in [3.8, 4) is 11.1 Å². The van der Waals surface area contributed by atoms with Crippen molar-refractivity contribution in [2.75, 3.05) is 17.2 Å². The molecule has 35 heavy (non-hydrogen) atoms. The molecule has 1 aliphatic heterocycles. The highest BCUT2D eigenvalue weighted by atomic mass is 32.2. The van der Waals surface area contributed by atoms with E-state index in [-0.39, 0.29) is 10.6 Å². The van der Waals surface area contributed by atoms with Crippen LogP contribution in [0.25, 0.3) is 11.1 Å². The van der Waals surface area contributed by atoms with Crippen molar-refractivity contribution in [3.05, 3.63) is 78.4 Å². The molecule has 0 saturated carbocycles. The second-order valence-electron chi connectivity index (χ2n) is 7.81. The SMILES string of the molecule is O=C(Nc1ccc(-c2ccc(S(=O)(=O)OC(=O)[C@@H]3CCCN3)cc2)cc1)Nc1ccc(F)cc1F. The van der Waals surface area contributed by atoms with Crippen LogP contribution in [0.5, 0.6) is 0 Å². The predicted octanol–water partition coefficient (Wildman–Crippen LogP) is 4.26. The van der Waals surface area contributed by atoms with Gasteiger partial charge < -0.3 is 20.1 Å². The summed E-state index contributed by atoms with van der Waals surface area (Å²) in [7, 11) is -4.24. The summed E-state index contributed by atoms with van der Waals surface area (Å²) >= 11 is 0. The van der Waals surface area contributed by atoms with E-state index in [0.717, 1.165) is 24.1 Å². The molecule has 3 aromatic carbocycles. The van der Waals surface area contributed by atoms with Gasteiger partial charge in [0.2, 0.25) is 0 Å². The summed E-state index contributed by atoms with van der Waals surface area (Å²) in [4.78, 5) is 24.0. The molecule has 182 valence electrons. The third kappa shape index (κ3) is 6.00. The summed E-state index contributed by atoms with van der Waals surface area (Å²) < 4.78 is 56.2. The van der Waals surface area contributed by atoms with Crippen molar-refractivity contribution in [1.29, 1.82) is 0 Å². The zero-order chi connectivity index (χ0) is 25.0. The second-order valence-corrected chi connectivity index (χ2v) is 9.36. The summed E-state index contributed by atoms with van der Waals surface area (Å²) in [5, 5.41) is 7.73. The van der Waals surface area contributed by atoms with Gasteiger partial charge in [-0.05, 0) is 66.9 Å². The first-order chi connectivity index (χ1) is 16.7. The van der Waals surface area contributed by atoms with E-state index in [0.29, 0.717) is 30.3 Å². The largest absolute Gasteiger partial charge is 0.341 e. The highest BCUT2D eigenvalue weighted by Crippen LogP contribution is 2.24. The van der Waals surface area contributed by atoms with Crippen molar-refractivity contribution < 1.29 is 31.0 Å². The zero-order valence-corrected chi connectivity index (χ0v) is 19.1. The fraction of sp³-hybridized carbons (Fsp3) is 0.167. The number of hydrogen-bond acceptors (Lipinski definition) is 6. The maximum absolute atomic E-state index is 13.7. The fourth-order valence-corrected chi connectivity index (χ4v) is 4.43. The Balaban J connectivity index is 1.38. The zero-order valence-electron chi connectivity index (χ0n) is 18.3. The topological polar surface area (TPSA) is 114 Å². The molecule has 8 nitrogen and oxygen atoms in total. The second kappa shape index (κ2) is 10.2. The quantitative estimate of drug-likeness (QED) is 0.435. The van der Waals surface area contributed by atoms with Crippen LogP contribution >= 0.6 is 0 Å². The van der Waals surface area contributed by atoms with Crippen molar-refractivity contribution >= 4 is 33.5 Å². The van der Waals surface area contributed by atoms with Crippen LogP contribution in [0.2, 0.25) is 0 Å². The first kappa shape index (κ1) is 24.3. The van der Waals surface area contributed by atoms with Crippen molar-refractivity contribution in [2.45, 2.75) is 23.8 Å². The third-order valence-electron chi connectivity index (χ3n) is 5.34. The predicted molar refractivity (Wildman–Crippen MR) is 125 cm³/mol. The smallest absolute Gasteiger partial charge is 0.341 e.